The van der Waals surface area contributed by atoms with Crippen molar-refractivity contribution in [2.24, 2.45) is 5.92 Å². The van der Waals surface area contributed by atoms with Crippen molar-refractivity contribution in [2.75, 3.05) is 13.2 Å². The molecule has 28 heavy (non-hydrogen) atoms. The summed E-state index contributed by atoms with van der Waals surface area (Å²) in [5, 5.41) is 0. The number of carbonyl (C=O) groups is 3. The molecule has 0 bridgehead atoms. The molecule has 150 valence electrons. The fourth-order valence-corrected chi connectivity index (χ4v) is 4.18. The summed E-state index contributed by atoms with van der Waals surface area (Å²) in [4.78, 5) is 41.2. The second-order valence-corrected chi connectivity index (χ2v) is 7.38. The summed E-state index contributed by atoms with van der Waals surface area (Å²) >= 11 is 0. The number of carbonyl (C=O) groups excluding carboxylic acids is 3. The van der Waals surface area contributed by atoms with Gasteiger partial charge in [0.2, 0.25) is 5.91 Å². The fraction of sp³-hybridized carbons (Fsp3) is 0.500. The lowest BCUT2D eigenvalue weighted by Gasteiger charge is -2.43. The minimum absolute atomic E-state index is 0.114. The van der Waals surface area contributed by atoms with Gasteiger partial charge in [0.05, 0.1) is 12.3 Å². The molecule has 1 aromatic rings. The first kappa shape index (κ1) is 20.1. The third-order valence-corrected chi connectivity index (χ3v) is 5.49. The number of hydrogen-bond donors (Lipinski definition) is 0. The molecule has 1 saturated carbocycles. The van der Waals surface area contributed by atoms with E-state index in [1.807, 2.05) is 30.3 Å². The summed E-state index contributed by atoms with van der Waals surface area (Å²) < 4.78 is 5.09. The number of benzene rings is 1. The largest absolute Gasteiger partial charge is 0.465 e. The Bertz CT molecular complexity index is 753. The molecule has 1 fully saturated rings. The molecule has 2 amide bonds. The van der Waals surface area contributed by atoms with Crippen LogP contribution in [0.3, 0.4) is 0 Å². The maximum atomic E-state index is 13.5. The highest BCUT2D eigenvalue weighted by Crippen LogP contribution is 2.35. The van der Waals surface area contributed by atoms with E-state index in [9.17, 15) is 14.4 Å². The van der Waals surface area contributed by atoms with Gasteiger partial charge in [0.1, 0.15) is 12.6 Å². The van der Waals surface area contributed by atoms with Gasteiger partial charge in [-0.05, 0) is 31.2 Å². The van der Waals surface area contributed by atoms with E-state index in [1.165, 1.54) is 11.8 Å². The highest BCUT2D eigenvalue weighted by atomic mass is 16.5. The topological polar surface area (TPSA) is 66.9 Å². The molecular weight excluding hydrogens is 356 g/mol. The Labute approximate surface area is 166 Å². The van der Waals surface area contributed by atoms with Crippen molar-refractivity contribution in [2.45, 2.75) is 52.0 Å². The fourth-order valence-electron chi connectivity index (χ4n) is 4.18. The summed E-state index contributed by atoms with van der Waals surface area (Å²) in [6.07, 6.45) is 6.86. The number of ether oxygens (including phenoxy) is 1. The molecule has 6 nitrogen and oxygen atoms in total. The molecule has 1 aliphatic carbocycles. The average molecular weight is 384 g/mol. The van der Waals surface area contributed by atoms with Gasteiger partial charge < -0.3 is 9.64 Å². The molecule has 6 heteroatoms. The molecule has 3 rings (SSSR count). The lowest BCUT2D eigenvalue weighted by Crippen LogP contribution is -2.56. The van der Waals surface area contributed by atoms with Crippen LogP contribution in [0, 0.1) is 5.92 Å². The third-order valence-electron chi connectivity index (χ3n) is 5.49. The molecule has 0 N–H and O–H groups in total. The van der Waals surface area contributed by atoms with Gasteiger partial charge in [-0.1, -0.05) is 49.6 Å². The van der Waals surface area contributed by atoms with Gasteiger partial charge >= 0.3 is 5.97 Å². The van der Waals surface area contributed by atoms with Crippen LogP contribution in [0.25, 0.3) is 5.70 Å². The Balaban J connectivity index is 2.02. The summed E-state index contributed by atoms with van der Waals surface area (Å²) in [6, 6.07) is 8.81. The zero-order chi connectivity index (χ0) is 20.1. The molecule has 0 radical (unpaired) electrons. The van der Waals surface area contributed by atoms with E-state index in [-0.39, 0.29) is 30.9 Å². The molecule has 1 heterocycles. The maximum Gasteiger partial charge on any atom is 0.326 e. The molecule has 1 aliphatic heterocycles. The molecule has 1 atom stereocenters. The third kappa shape index (κ3) is 4.26. The van der Waals surface area contributed by atoms with Gasteiger partial charge in [0.25, 0.3) is 5.91 Å². The smallest absolute Gasteiger partial charge is 0.326 e. The molecule has 2 aliphatic rings. The molecule has 0 aromatic heterocycles. The Kier molecular flexibility index (Phi) is 6.49. The summed E-state index contributed by atoms with van der Waals surface area (Å²) in [7, 11) is 0. The van der Waals surface area contributed by atoms with Crippen LogP contribution in [0.1, 0.15) is 51.5 Å². The second kappa shape index (κ2) is 9.04. The molecule has 1 unspecified atom stereocenters. The first-order valence-corrected chi connectivity index (χ1v) is 10.1. The molecular formula is C22H28N2O4. The highest BCUT2D eigenvalue weighted by molar-refractivity contribution is 5.98. The Morgan fingerprint density at radius 2 is 1.79 bits per heavy atom. The van der Waals surface area contributed by atoms with Gasteiger partial charge in [0, 0.05) is 13.1 Å². The van der Waals surface area contributed by atoms with E-state index in [0.717, 1.165) is 37.7 Å². The normalized spacial score (nSPS) is 20.7. The van der Waals surface area contributed by atoms with Gasteiger partial charge in [-0.25, -0.2) is 0 Å². The summed E-state index contributed by atoms with van der Waals surface area (Å²) in [5.41, 5.74) is 1.34. The highest BCUT2D eigenvalue weighted by Gasteiger charge is 2.43. The van der Waals surface area contributed by atoms with Crippen LogP contribution in [0.5, 0.6) is 0 Å². The Hall–Kier alpha value is -2.63. The van der Waals surface area contributed by atoms with Crippen molar-refractivity contribution in [3.8, 4) is 0 Å². The van der Waals surface area contributed by atoms with E-state index in [0.29, 0.717) is 5.70 Å². The van der Waals surface area contributed by atoms with E-state index in [4.69, 9.17) is 4.74 Å². The van der Waals surface area contributed by atoms with E-state index in [1.54, 1.807) is 18.0 Å². The first-order chi connectivity index (χ1) is 13.5. The standard InChI is InChI=1S/C22H28N2O4/c1-3-28-20(26)15-24-19(17-10-6-4-7-11-17)14-23(16(2)25)21(22(24)27)18-12-8-5-9-13-18/h4,6-7,10-11,14,18,21H,3,5,8-9,12-13,15H2,1-2H3. The minimum atomic E-state index is -0.556. The molecule has 1 aromatic carbocycles. The van der Waals surface area contributed by atoms with Crippen LogP contribution < -0.4 is 0 Å². The maximum absolute atomic E-state index is 13.5. The number of rotatable bonds is 5. The van der Waals surface area contributed by atoms with Crippen LogP contribution in [0.4, 0.5) is 0 Å². The lowest BCUT2D eigenvalue weighted by molar-refractivity contribution is -0.151. The summed E-state index contributed by atoms with van der Waals surface area (Å²) in [6.45, 7) is 3.34. The lowest BCUT2D eigenvalue weighted by atomic mass is 9.81. The zero-order valence-corrected chi connectivity index (χ0v) is 16.6. The Morgan fingerprint density at radius 3 is 2.39 bits per heavy atom. The number of esters is 1. The molecule has 0 saturated heterocycles. The van der Waals surface area contributed by atoms with Crippen molar-refractivity contribution in [1.82, 2.24) is 9.80 Å². The van der Waals surface area contributed by atoms with Crippen molar-refractivity contribution < 1.29 is 19.1 Å². The number of nitrogens with zero attached hydrogens (tertiary/aromatic N) is 2. The van der Waals surface area contributed by atoms with Crippen molar-refractivity contribution in [3.05, 3.63) is 42.1 Å². The van der Waals surface area contributed by atoms with Gasteiger partial charge in [0.15, 0.2) is 0 Å². The zero-order valence-electron chi connectivity index (χ0n) is 16.6. The van der Waals surface area contributed by atoms with Crippen molar-refractivity contribution in [3.63, 3.8) is 0 Å². The SMILES string of the molecule is CCOC(=O)CN1C(=O)C(C2CCCCC2)N(C(C)=O)C=C1c1ccccc1. The second-order valence-electron chi connectivity index (χ2n) is 7.38. The predicted molar refractivity (Wildman–Crippen MR) is 106 cm³/mol. The van der Waals surface area contributed by atoms with Gasteiger partial charge in [-0.2, -0.15) is 0 Å². The first-order valence-electron chi connectivity index (χ1n) is 10.1. The van der Waals surface area contributed by atoms with Crippen LogP contribution >= 0.6 is 0 Å². The molecule has 0 spiro atoms. The number of amides is 2. The quantitative estimate of drug-likeness (QED) is 0.731. The van der Waals surface area contributed by atoms with E-state index < -0.39 is 12.0 Å². The monoisotopic (exact) mass is 384 g/mol. The minimum Gasteiger partial charge on any atom is -0.465 e. The van der Waals surface area contributed by atoms with E-state index in [2.05, 4.69) is 0 Å². The van der Waals surface area contributed by atoms with Crippen molar-refractivity contribution >= 4 is 23.5 Å². The van der Waals surface area contributed by atoms with Crippen LogP contribution in [-0.4, -0.2) is 46.8 Å². The average Bonchev–Trinajstić information content (AvgIpc) is 2.70. The summed E-state index contributed by atoms with van der Waals surface area (Å²) in [5.74, 6) is -0.690. The Morgan fingerprint density at radius 1 is 1.11 bits per heavy atom. The van der Waals surface area contributed by atoms with Gasteiger partial charge in [-0.15, -0.1) is 0 Å². The van der Waals surface area contributed by atoms with Crippen LogP contribution in [0.15, 0.2) is 36.5 Å². The van der Waals surface area contributed by atoms with Gasteiger partial charge in [-0.3, -0.25) is 19.3 Å². The predicted octanol–water partition coefficient (Wildman–Crippen LogP) is 3.19. The van der Waals surface area contributed by atoms with Crippen LogP contribution in [-0.2, 0) is 19.1 Å². The van der Waals surface area contributed by atoms with Crippen molar-refractivity contribution in [1.29, 1.82) is 0 Å². The van der Waals surface area contributed by atoms with Crippen LogP contribution in [0.2, 0.25) is 0 Å². The van der Waals surface area contributed by atoms with E-state index >= 15 is 0 Å². The number of hydrogen-bond acceptors (Lipinski definition) is 4.